The summed E-state index contributed by atoms with van der Waals surface area (Å²) >= 11 is 0. The summed E-state index contributed by atoms with van der Waals surface area (Å²) in [4.78, 5) is 32.4. The van der Waals surface area contributed by atoms with Crippen LogP contribution in [0.3, 0.4) is 0 Å². The predicted octanol–water partition coefficient (Wildman–Crippen LogP) is 2.56. The Morgan fingerprint density at radius 2 is 1.96 bits per heavy atom. The van der Waals surface area contributed by atoms with Crippen molar-refractivity contribution in [1.82, 2.24) is 20.4 Å². The van der Waals surface area contributed by atoms with Crippen molar-refractivity contribution in [1.29, 1.82) is 0 Å². The number of carbonyl (C=O) groups is 2. The highest BCUT2D eigenvalue weighted by molar-refractivity contribution is 6.09. The van der Waals surface area contributed by atoms with E-state index in [9.17, 15) is 9.59 Å². The molecule has 7 nitrogen and oxygen atoms in total. The molecule has 1 saturated carbocycles. The molecule has 2 fully saturated rings. The van der Waals surface area contributed by atoms with Crippen LogP contribution in [-0.4, -0.2) is 51.4 Å². The van der Waals surface area contributed by atoms with E-state index in [1.807, 2.05) is 25.1 Å². The Bertz CT molecular complexity index is 978. The number of aryl methyl sites for hydroxylation is 1. The lowest BCUT2D eigenvalue weighted by Gasteiger charge is -2.35. The lowest BCUT2D eigenvalue weighted by atomic mass is 9.88. The number of carbonyl (C=O) groups excluding carboxylic acids is 2. The number of aromatic nitrogens is 2. The molecule has 1 aliphatic carbocycles. The lowest BCUT2D eigenvalue weighted by Crippen LogP contribution is -2.50. The zero-order chi connectivity index (χ0) is 19.3. The van der Waals surface area contributed by atoms with Crippen LogP contribution < -0.4 is 5.32 Å². The molecule has 3 heterocycles. The molecule has 1 saturated heterocycles. The highest BCUT2D eigenvalue weighted by Crippen LogP contribution is 2.35. The molecule has 2 amide bonds. The fraction of sp³-hybridized carbons (Fsp3) is 0.524. The van der Waals surface area contributed by atoms with Gasteiger partial charge in [0.05, 0.1) is 5.52 Å². The molecule has 1 aromatic heterocycles. The Morgan fingerprint density at radius 1 is 1.21 bits per heavy atom. The minimum atomic E-state index is -0.682. The monoisotopic (exact) mass is 379 g/mol. The molecule has 146 valence electrons. The van der Waals surface area contributed by atoms with Crippen molar-refractivity contribution in [3.8, 4) is 0 Å². The van der Waals surface area contributed by atoms with Gasteiger partial charge in [-0.1, -0.05) is 24.5 Å². The molecular weight excluding hydrogens is 354 g/mol. The Labute approximate surface area is 163 Å². The van der Waals surface area contributed by atoms with Crippen LogP contribution in [0.25, 0.3) is 10.9 Å². The third-order valence-electron chi connectivity index (χ3n) is 6.54. The van der Waals surface area contributed by atoms with Crippen molar-refractivity contribution < 1.29 is 9.59 Å². The molecule has 0 atom stereocenters. The van der Waals surface area contributed by atoms with Gasteiger partial charge < -0.3 is 10.2 Å². The van der Waals surface area contributed by atoms with Crippen molar-refractivity contribution in [3.63, 3.8) is 0 Å². The molecular formula is C21H25N5O2. The van der Waals surface area contributed by atoms with Crippen LogP contribution in [0.15, 0.2) is 23.2 Å². The Hall–Kier alpha value is -2.70. The molecule has 1 aromatic carbocycles. The minimum Gasteiger partial charge on any atom is -0.337 e. The second-order valence-electron chi connectivity index (χ2n) is 8.38. The number of aliphatic imine (C=N–C) groups is 1. The van der Waals surface area contributed by atoms with Gasteiger partial charge in [-0.15, -0.1) is 0 Å². The summed E-state index contributed by atoms with van der Waals surface area (Å²) in [7, 11) is 0. The van der Waals surface area contributed by atoms with Crippen LogP contribution in [0.5, 0.6) is 0 Å². The van der Waals surface area contributed by atoms with E-state index in [-0.39, 0.29) is 11.8 Å². The Morgan fingerprint density at radius 3 is 2.71 bits per heavy atom. The average molecular weight is 379 g/mol. The molecule has 2 N–H and O–H groups in total. The molecule has 3 aliphatic rings. The van der Waals surface area contributed by atoms with E-state index in [0.717, 1.165) is 35.1 Å². The van der Waals surface area contributed by atoms with Crippen molar-refractivity contribution >= 4 is 28.6 Å². The number of likely N-dealkylation sites (tertiary alicyclic amines) is 1. The number of nitrogens with zero attached hydrogens (tertiary/aromatic N) is 3. The normalized spacial score (nSPS) is 22.1. The van der Waals surface area contributed by atoms with Crippen molar-refractivity contribution in [3.05, 3.63) is 29.5 Å². The van der Waals surface area contributed by atoms with Gasteiger partial charge in [-0.2, -0.15) is 5.10 Å². The van der Waals surface area contributed by atoms with Crippen LogP contribution in [0.1, 0.15) is 54.6 Å². The van der Waals surface area contributed by atoms with Crippen molar-refractivity contribution in [2.24, 2.45) is 10.9 Å². The third-order valence-corrected chi connectivity index (χ3v) is 6.54. The molecule has 5 rings (SSSR count). The van der Waals surface area contributed by atoms with E-state index in [1.54, 1.807) is 4.90 Å². The van der Waals surface area contributed by atoms with E-state index in [4.69, 9.17) is 4.99 Å². The molecule has 0 bridgehead atoms. The number of fused-ring (bicyclic) bond motifs is 1. The van der Waals surface area contributed by atoms with E-state index >= 15 is 0 Å². The average Bonchev–Trinajstić information content (AvgIpc) is 3.42. The molecule has 2 aromatic rings. The Kier molecular flexibility index (Phi) is 4.00. The fourth-order valence-corrected chi connectivity index (χ4v) is 4.79. The van der Waals surface area contributed by atoms with Gasteiger partial charge in [0, 0.05) is 24.4 Å². The topological polar surface area (TPSA) is 90.4 Å². The number of hydrogen-bond acceptors (Lipinski definition) is 4. The molecule has 0 unspecified atom stereocenters. The maximum absolute atomic E-state index is 13.1. The number of amides is 2. The number of hydrogen-bond donors (Lipinski definition) is 2. The van der Waals surface area contributed by atoms with Gasteiger partial charge in [0.1, 0.15) is 11.4 Å². The van der Waals surface area contributed by atoms with Gasteiger partial charge in [0.25, 0.3) is 11.8 Å². The van der Waals surface area contributed by atoms with E-state index in [1.165, 1.54) is 12.8 Å². The number of benzene rings is 1. The molecule has 28 heavy (non-hydrogen) atoms. The standard InChI is InChI=1S/C21H25N5O2/c1-13-6-7-16-15(12-13)17(25-24-16)19(27)26-10-8-21(9-11-26)20(28)22-18(23-21)14-4-2-3-5-14/h6-7,12,14H,2-5,8-11H2,1H3,(H,24,25)(H,22,23,28). The first-order chi connectivity index (χ1) is 13.6. The van der Waals surface area contributed by atoms with E-state index in [2.05, 4.69) is 15.5 Å². The zero-order valence-corrected chi connectivity index (χ0v) is 16.1. The highest BCUT2D eigenvalue weighted by atomic mass is 16.2. The predicted molar refractivity (Wildman–Crippen MR) is 106 cm³/mol. The van der Waals surface area contributed by atoms with Crippen LogP contribution in [0.4, 0.5) is 0 Å². The number of rotatable bonds is 2. The number of amidine groups is 1. The largest absolute Gasteiger partial charge is 0.337 e. The van der Waals surface area contributed by atoms with Crippen LogP contribution in [0.2, 0.25) is 0 Å². The lowest BCUT2D eigenvalue weighted by molar-refractivity contribution is -0.125. The van der Waals surface area contributed by atoms with E-state index < -0.39 is 5.54 Å². The minimum absolute atomic E-state index is 0.0161. The summed E-state index contributed by atoms with van der Waals surface area (Å²) in [6, 6.07) is 5.93. The fourth-order valence-electron chi connectivity index (χ4n) is 4.79. The van der Waals surface area contributed by atoms with Gasteiger partial charge in [0.2, 0.25) is 0 Å². The number of H-pyrrole nitrogens is 1. The zero-order valence-electron chi connectivity index (χ0n) is 16.1. The second-order valence-corrected chi connectivity index (χ2v) is 8.38. The summed E-state index contributed by atoms with van der Waals surface area (Å²) < 4.78 is 0. The number of piperidine rings is 1. The van der Waals surface area contributed by atoms with Crippen molar-refractivity contribution in [2.75, 3.05) is 13.1 Å². The van der Waals surface area contributed by atoms with Gasteiger partial charge in [-0.25, -0.2) is 0 Å². The first-order valence-electron chi connectivity index (χ1n) is 10.2. The third kappa shape index (κ3) is 2.72. The SMILES string of the molecule is Cc1ccc2[nH]nc(C(=O)N3CCC4(CC3)N=C(C3CCCC3)NC4=O)c2c1. The first kappa shape index (κ1) is 17.4. The maximum Gasteiger partial charge on any atom is 0.274 e. The number of nitrogens with one attached hydrogen (secondary N) is 2. The van der Waals surface area contributed by atoms with Crippen LogP contribution >= 0.6 is 0 Å². The summed E-state index contributed by atoms with van der Waals surface area (Å²) in [5, 5.41) is 11.1. The summed E-state index contributed by atoms with van der Waals surface area (Å²) in [5.41, 5.74) is 1.74. The molecule has 7 heteroatoms. The quantitative estimate of drug-likeness (QED) is 0.840. The summed E-state index contributed by atoms with van der Waals surface area (Å²) in [6.07, 6.45) is 5.80. The highest BCUT2D eigenvalue weighted by Gasteiger charge is 2.47. The Balaban J connectivity index is 1.33. The van der Waals surface area contributed by atoms with Gasteiger partial charge >= 0.3 is 0 Å². The van der Waals surface area contributed by atoms with Crippen molar-refractivity contribution in [2.45, 2.75) is 51.0 Å². The first-order valence-corrected chi connectivity index (χ1v) is 10.2. The smallest absolute Gasteiger partial charge is 0.274 e. The van der Waals surface area contributed by atoms with Crippen LogP contribution in [0, 0.1) is 12.8 Å². The number of aromatic amines is 1. The van der Waals surface area contributed by atoms with Crippen LogP contribution in [-0.2, 0) is 4.79 Å². The van der Waals surface area contributed by atoms with Gasteiger partial charge in [0.15, 0.2) is 5.69 Å². The van der Waals surface area contributed by atoms with Gasteiger partial charge in [-0.05, 0) is 44.7 Å². The van der Waals surface area contributed by atoms with Gasteiger partial charge in [-0.3, -0.25) is 19.7 Å². The molecule has 0 radical (unpaired) electrons. The van der Waals surface area contributed by atoms with E-state index in [0.29, 0.717) is 37.5 Å². The second kappa shape index (κ2) is 6.43. The molecule has 1 spiro atoms. The summed E-state index contributed by atoms with van der Waals surface area (Å²) in [6.45, 7) is 3.05. The molecule has 2 aliphatic heterocycles. The summed E-state index contributed by atoms with van der Waals surface area (Å²) in [5.74, 6) is 1.23. The maximum atomic E-state index is 13.1.